The molecule has 5 nitrogen and oxygen atoms in total. The van der Waals surface area contributed by atoms with Gasteiger partial charge in [0.25, 0.3) is 5.91 Å². The normalized spacial score (nSPS) is 14.8. The summed E-state index contributed by atoms with van der Waals surface area (Å²) in [5.74, 6) is -0.346. The molecule has 0 saturated heterocycles. The van der Waals surface area contributed by atoms with Gasteiger partial charge in [0.1, 0.15) is 5.69 Å². The Balaban J connectivity index is 2.21. The summed E-state index contributed by atoms with van der Waals surface area (Å²) < 4.78 is 0. The first-order valence-corrected chi connectivity index (χ1v) is 4.80. The highest BCUT2D eigenvalue weighted by Crippen LogP contribution is 2.18. The zero-order valence-electron chi connectivity index (χ0n) is 8.05. The van der Waals surface area contributed by atoms with E-state index in [2.05, 4.69) is 10.3 Å². The summed E-state index contributed by atoms with van der Waals surface area (Å²) in [6.07, 6.45) is 3.42. The average molecular weight is 206 g/mol. The highest BCUT2D eigenvalue weighted by molar-refractivity contribution is 6.60. The van der Waals surface area contributed by atoms with Crippen LogP contribution in [0.15, 0.2) is 18.3 Å². The van der Waals surface area contributed by atoms with Crippen LogP contribution in [0.1, 0.15) is 23.3 Å². The maximum Gasteiger partial charge on any atom is 0.490 e. The first-order valence-electron chi connectivity index (χ1n) is 4.80. The molecule has 1 aromatic heterocycles. The summed E-state index contributed by atoms with van der Waals surface area (Å²) in [7, 11) is -1.67. The number of carbonyl (C=O) groups excluding carboxylic acids is 1. The second kappa shape index (κ2) is 4.00. The van der Waals surface area contributed by atoms with Crippen molar-refractivity contribution < 1.29 is 14.8 Å². The van der Waals surface area contributed by atoms with E-state index in [0.717, 1.165) is 12.8 Å². The third-order valence-corrected chi connectivity index (χ3v) is 2.24. The second-order valence-electron chi connectivity index (χ2n) is 3.56. The van der Waals surface area contributed by atoms with Crippen LogP contribution in [0.25, 0.3) is 0 Å². The van der Waals surface area contributed by atoms with E-state index in [-0.39, 0.29) is 23.1 Å². The zero-order chi connectivity index (χ0) is 10.8. The van der Waals surface area contributed by atoms with Gasteiger partial charge in [0, 0.05) is 17.7 Å². The number of hydrogen-bond acceptors (Lipinski definition) is 4. The predicted molar refractivity (Wildman–Crippen MR) is 54.6 cm³/mol. The molecule has 2 rings (SSSR count). The van der Waals surface area contributed by atoms with Crippen molar-refractivity contribution in [2.24, 2.45) is 0 Å². The predicted octanol–water partition coefficient (Wildman–Crippen LogP) is -1.35. The number of nitrogens with one attached hydrogen (secondary N) is 1. The summed E-state index contributed by atoms with van der Waals surface area (Å²) >= 11 is 0. The topological polar surface area (TPSA) is 82.5 Å². The number of nitrogens with zero attached hydrogens (tertiary/aromatic N) is 1. The maximum atomic E-state index is 11.6. The first kappa shape index (κ1) is 10.1. The summed E-state index contributed by atoms with van der Waals surface area (Å²) in [5, 5.41) is 20.8. The van der Waals surface area contributed by atoms with Crippen molar-refractivity contribution in [3.8, 4) is 0 Å². The summed E-state index contributed by atoms with van der Waals surface area (Å²) in [4.78, 5) is 15.5. The monoisotopic (exact) mass is 206 g/mol. The van der Waals surface area contributed by atoms with E-state index in [9.17, 15) is 4.79 Å². The van der Waals surface area contributed by atoms with Crippen LogP contribution < -0.4 is 10.8 Å². The lowest BCUT2D eigenvalue weighted by molar-refractivity contribution is 0.0947. The van der Waals surface area contributed by atoms with Crippen molar-refractivity contribution in [1.29, 1.82) is 0 Å². The van der Waals surface area contributed by atoms with Crippen LogP contribution in [-0.2, 0) is 0 Å². The summed E-state index contributed by atoms with van der Waals surface area (Å²) in [5.41, 5.74) is 0.218. The molecule has 0 bridgehead atoms. The van der Waals surface area contributed by atoms with Gasteiger partial charge in [-0.2, -0.15) is 0 Å². The Bertz CT molecular complexity index is 379. The molecule has 6 heteroatoms. The molecule has 0 unspecified atom stereocenters. The minimum Gasteiger partial charge on any atom is -0.423 e. The van der Waals surface area contributed by atoms with Crippen LogP contribution in [0.2, 0.25) is 0 Å². The fraction of sp³-hybridized carbons (Fsp3) is 0.333. The quantitative estimate of drug-likeness (QED) is 0.534. The molecule has 15 heavy (non-hydrogen) atoms. The molecule has 3 N–H and O–H groups in total. The van der Waals surface area contributed by atoms with Gasteiger partial charge in [-0.25, -0.2) is 0 Å². The second-order valence-corrected chi connectivity index (χ2v) is 3.56. The van der Waals surface area contributed by atoms with Crippen molar-refractivity contribution >= 4 is 18.5 Å². The van der Waals surface area contributed by atoms with Gasteiger partial charge >= 0.3 is 7.12 Å². The molecule has 1 saturated carbocycles. The molecule has 1 aliphatic carbocycles. The number of amides is 1. The van der Waals surface area contributed by atoms with Crippen LogP contribution in [0.4, 0.5) is 0 Å². The van der Waals surface area contributed by atoms with Crippen LogP contribution in [-0.4, -0.2) is 34.1 Å². The number of carbonyl (C=O) groups is 1. The molecule has 0 aromatic carbocycles. The Labute approximate surface area is 87.3 Å². The third-order valence-electron chi connectivity index (χ3n) is 2.24. The lowest BCUT2D eigenvalue weighted by Crippen LogP contribution is -2.39. The minimum absolute atomic E-state index is 0.0828. The van der Waals surface area contributed by atoms with E-state index in [1.54, 1.807) is 6.07 Å². The highest BCUT2D eigenvalue weighted by Gasteiger charge is 2.27. The molecular weight excluding hydrogens is 195 g/mol. The molecule has 1 fully saturated rings. The Morgan fingerprint density at radius 3 is 2.87 bits per heavy atom. The molecule has 1 heterocycles. The van der Waals surface area contributed by atoms with Gasteiger partial charge in [0.2, 0.25) is 0 Å². The van der Waals surface area contributed by atoms with E-state index in [1.807, 2.05) is 0 Å². The van der Waals surface area contributed by atoms with Gasteiger partial charge in [0.15, 0.2) is 0 Å². The van der Waals surface area contributed by atoms with Gasteiger partial charge in [-0.3, -0.25) is 9.78 Å². The zero-order valence-corrected chi connectivity index (χ0v) is 8.05. The SMILES string of the molecule is O=C(NC1CC1)c1ncccc1B(O)O. The van der Waals surface area contributed by atoms with Crippen molar-refractivity contribution in [3.63, 3.8) is 0 Å². The molecular formula is C9H11BN2O3. The Morgan fingerprint density at radius 2 is 2.27 bits per heavy atom. The van der Waals surface area contributed by atoms with Crippen LogP contribution in [0.3, 0.4) is 0 Å². The molecule has 1 amide bonds. The molecule has 0 radical (unpaired) electrons. The van der Waals surface area contributed by atoms with E-state index in [4.69, 9.17) is 10.0 Å². The van der Waals surface area contributed by atoms with Crippen molar-refractivity contribution in [1.82, 2.24) is 10.3 Å². The van der Waals surface area contributed by atoms with E-state index >= 15 is 0 Å². The third kappa shape index (κ3) is 2.34. The lowest BCUT2D eigenvalue weighted by atomic mass is 9.79. The van der Waals surface area contributed by atoms with Gasteiger partial charge in [-0.1, -0.05) is 6.07 Å². The van der Waals surface area contributed by atoms with E-state index in [1.165, 1.54) is 12.3 Å². The van der Waals surface area contributed by atoms with Crippen LogP contribution in [0, 0.1) is 0 Å². The van der Waals surface area contributed by atoms with Gasteiger partial charge < -0.3 is 15.4 Å². The standard InChI is InChI=1S/C9H11BN2O3/c13-9(12-6-3-4-6)8-7(10(14)15)2-1-5-11-8/h1-2,5-6,14-15H,3-4H2,(H,12,13). The lowest BCUT2D eigenvalue weighted by Gasteiger charge is -2.07. The smallest absolute Gasteiger partial charge is 0.423 e. The molecule has 1 aliphatic rings. The number of rotatable bonds is 3. The van der Waals surface area contributed by atoms with Gasteiger partial charge in [0.05, 0.1) is 0 Å². The van der Waals surface area contributed by atoms with E-state index < -0.39 is 7.12 Å². The largest absolute Gasteiger partial charge is 0.490 e. The van der Waals surface area contributed by atoms with Gasteiger partial charge in [-0.05, 0) is 18.9 Å². The fourth-order valence-corrected chi connectivity index (χ4v) is 1.30. The average Bonchev–Trinajstić information content (AvgIpc) is 3.01. The number of pyridine rings is 1. The fourth-order valence-electron chi connectivity index (χ4n) is 1.30. The van der Waals surface area contributed by atoms with Crippen molar-refractivity contribution in [3.05, 3.63) is 24.0 Å². The van der Waals surface area contributed by atoms with Crippen molar-refractivity contribution in [2.45, 2.75) is 18.9 Å². The van der Waals surface area contributed by atoms with Crippen molar-refractivity contribution in [2.75, 3.05) is 0 Å². The van der Waals surface area contributed by atoms with Crippen LogP contribution in [0.5, 0.6) is 0 Å². The highest BCUT2D eigenvalue weighted by atomic mass is 16.4. The summed E-state index contributed by atoms with van der Waals surface area (Å²) in [6.45, 7) is 0. The first-order chi connectivity index (χ1) is 7.18. The molecule has 0 spiro atoms. The molecule has 78 valence electrons. The Hall–Kier alpha value is -1.40. The molecule has 0 aliphatic heterocycles. The molecule has 0 atom stereocenters. The Kier molecular flexibility index (Phi) is 2.70. The molecule has 1 aromatic rings. The maximum absolute atomic E-state index is 11.6. The van der Waals surface area contributed by atoms with Crippen LogP contribution >= 0.6 is 0 Å². The number of hydrogen-bond donors (Lipinski definition) is 3. The van der Waals surface area contributed by atoms with Gasteiger partial charge in [-0.15, -0.1) is 0 Å². The number of aromatic nitrogens is 1. The Morgan fingerprint density at radius 1 is 1.53 bits per heavy atom. The van der Waals surface area contributed by atoms with E-state index in [0.29, 0.717) is 0 Å². The summed E-state index contributed by atoms with van der Waals surface area (Å²) in [6, 6.07) is 3.26. The minimum atomic E-state index is -1.67.